The molecule has 4 aromatic rings. The van der Waals surface area contributed by atoms with Gasteiger partial charge in [0.25, 0.3) is 11.5 Å². The maximum Gasteiger partial charge on any atom is 0.291 e. The van der Waals surface area contributed by atoms with Crippen LogP contribution in [0.3, 0.4) is 0 Å². The first-order valence-corrected chi connectivity index (χ1v) is 11.2. The van der Waals surface area contributed by atoms with Crippen molar-refractivity contribution >= 4 is 49.4 Å². The normalized spacial score (nSPS) is 15.3. The van der Waals surface area contributed by atoms with Gasteiger partial charge < -0.3 is 4.90 Å². The number of aryl methyl sites for hydroxylation is 1. The summed E-state index contributed by atoms with van der Waals surface area (Å²) in [6, 6.07) is 13.6. The van der Waals surface area contributed by atoms with E-state index in [9.17, 15) is 9.59 Å². The van der Waals surface area contributed by atoms with Crippen molar-refractivity contribution in [2.24, 2.45) is 0 Å². The van der Waals surface area contributed by atoms with Gasteiger partial charge in [0.05, 0.1) is 11.3 Å². The molecule has 1 aliphatic rings. The lowest BCUT2D eigenvalue weighted by Gasteiger charge is -2.15. The van der Waals surface area contributed by atoms with E-state index in [2.05, 4.69) is 26.0 Å². The summed E-state index contributed by atoms with van der Waals surface area (Å²) in [4.78, 5) is 33.2. The fourth-order valence-electron chi connectivity index (χ4n) is 3.76. The molecule has 0 fully saturated rings. The van der Waals surface area contributed by atoms with Crippen LogP contribution in [0.1, 0.15) is 24.5 Å². The van der Waals surface area contributed by atoms with E-state index < -0.39 is 0 Å². The van der Waals surface area contributed by atoms with Crippen molar-refractivity contribution in [3.05, 3.63) is 73.0 Å². The van der Waals surface area contributed by atoms with Crippen LogP contribution in [0.4, 0.5) is 5.69 Å². The lowest BCUT2D eigenvalue weighted by atomic mass is 10.1. The van der Waals surface area contributed by atoms with E-state index in [1.54, 1.807) is 4.90 Å². The van der Waals surface area contributed by atoms with Crippen LogP contribution in [0.2, 0.25) is 0 Å². The highest BCUT2D eigenvalue weighted by Gasteiger charge is 2.34. The summed E-state index contributed by atoms with van der Waals surface area (Å²) >= 11 is 4.69. The number of hydrogen-bond acceptors (Lipinski definition) is 5. The Morgan fingerprint density at radius 3 is 2.70 bits per heavy atom. The van der Waals surface area contributed by atoms with Gasteiger partial charge in [0.2, 0.25) is 4.96 Å². The van der Waals surface area contributed by atoms with E-state index in [4.69, 9.17) is 0 Å². The lowest BCUT2D eigenvalue weighted by Crippen LogP contribution is -2.32. The Labute approximate surface area is 184 Å². The van der Waals surface area contributed by atoms with Crippen LogP contribution in [-0.2, 0) is 4.79 Å². The molecule has 3 heterocycles. The van der Waals surface area contributed by atoms with Gasteiger partial charge in [-0.3, -0.25) is 9.59 Å². The standard InChI is InChI=1S/C22H17BrN4O2S/c1-3-9-26-16-8-7-14(23)11-15(16)17(20(26)28)18-21(29)27-22(30-18)24-19(25-27)13-6-4-5-12(2)10-13/h4-8,10-11H,3,9H2,1-2H3/b18-17-. The van der Waals surface area contributed by atoms with Crippen LogP contribution in [0.25, 0.3) is 21.9 Å². The largest absolute Gasteiger partial charge is 0.308 e. The van der Waals surface area contributed by atoms with Crippen LogP contribution in [0.5, 0.6) is 0 Å². The highest BCUT2D eigenvalue weighted by Crippen LogP contribution is 2.37. The van der Waals surface area contributed by atoms with Gasteiger partial charge in [0.1, 0.15) is 4.53 Å². The quantitative estimate of drug-likeness (QED) is 0.449. The molecule has 1 aliphatic heterocycles. The monoisotopic (exact) mass is 480 g/mol. The maximum atomic E-state index is 13.2. The van der Waals surface area contributed by atoms with Crippen LogP contribution >= 0.6 is 27.3 Å². The number of rotatable bonds is 3. The lowest BCUT2D eigenvalue weighted by molar-refractivity contribution is -0.113. The number of benzene rings is 2. The molecule has 0 atom stereocenters. The molecule has 8 heteroatoms. The first kappa shape index (κ1) is 19.1. The van der Waals surface area contributed by atoms with Gasteiger partial charge >= 0.3 is 0 Å². The van der Waals surface area contributed by atoms with Gasteiger partial charge in [-0.25, -0.2) is 0 Å². The fourth-order valence-corrected chi connectivity index (χ4v) is 5.12. The molecule has 0 unspecified atom stereocenters. The van der Waals surface area contributed by atoms with E-state index in [0.29, 0.717) is 27.4 Å². The van der Waals surface area contributed by atoms with Gasteiger partial charge in [0, 0.05) is 22.1 Å². The van der Waals surface area contributed by atoms with Crippen molar-refractivity contribution in [1.82, 2.24) is 14.6 Å². The van der Waals surface area contributed by atoms with Crippen molar-refractivity contribution in [2.45, 2.75) is 20.3 Å². The van der Waals surface area contributed by atoms with Crippen molar-refractivity contribution in [2.75, 3.05) is 11.4 Å². The molecule has 0 aliphatic carbocycles. The van der Waals surface area contributed by atoms with Crippen LogP contribution in [0, 0.1) is 6.92 Å². The topological polar surface area (TPSA) is 67.6 Å². The first-order chi connectivity index (χ1) is 14.5. The average Bonchev–Trinajstić information content (AvgIpc) is 3.34. The van der Waals surface area contributed by atoms with E-state index in [-0.39, 0.29) is 11.5 Å². The second-order valence-electron chi connectivity index (χ2n) is 7.23. The predicted octanol–water partition coefficient (Wildman–Crippen LogP) is 3.56. The van der Waals surface area contributed by atoms with E-state index >= 15 is 0 Å². The molecule has 0 saturated carbocycles. The highest BCUT2D eigenvalue weighted by molar-refractivity contribution is 9.10. The van der Waals surface area contributed by atoms with Crippen molar-refractivity contribution in [1.29, 1.82) is 0 Å². The third-order valence-corrected chi connectivity index (χ3v) is 6.61. The minimum absolute atomic E-state index is 0.148. The van der Waals surface area contributed by atoms with Crippen LogP contribution in [0.15, 0.2) is 51.7 Å². The molecular weight excluding hydrogens is 464 g/mol. The highest BCUT2D eigenvalue weighted by atomic mass is 79.9. The van der Waals surface area contributed by atoms with E-state index in [0.717, 1.165) is 33.3 Å². The first-order valence-electron chi connectivity index (χ1n) is 9.60. The average molecular weight is 481 g/mol. The molecule has 2 aromatic heterocycles. The van der Waals surface area contributed by atoms with Gasteiger partial charge in [-0.15, -0.1) is 5.10 Å². The maximum absolute atomic E-state index is 13.2. The molecule has 5 rings (SSSR count). The Hall–Kier alpha value is -2.84. The molecule has 6 nitrogen and oxygen atoms in total. The third kappa shape index (κ3) is 2.90. The van der Waals surface area contributed by atoms with Crippen molar-refractivity contribution in [3.63, 3.8) is 0 Å². The second kappa shape index (κ2) is 7.14. The van der Waals surface area contributed by atoms with Crippen LogP contribution in [-0.4, -0.2) is 27.0 Å². The zero-order valence-corrected chi connectivity index (χ0v) is 18.7. The molecule has 0 spiro atoms. The summed E-state index contributed by atoms with van der Waals surface area (Å²) in [7, 11) is 0. The molecule has 30 heavy (non-hydrogen) atoms. The smallest absolute Gasteiger partial charge is 0.291 e. The number of thiazole rings is 1. The van der Waals surface area contributed by atoms with Crippen LogP contribution < -0.4 is 15.0 Å². The number of anilines is 1. The summed E-state index contributed by atoms with van der Waals surface area (Å²) in [6.45, 7) is 4.63. The third-order valence-electron chi connectivity index (χ3n) is 5.09. The molecule has 1 amide bonds. The van der Waals surface area contributed by atoms with Gasteiger partial charge in [-0.1, -0.05) is 58.0 Å². The summed E-state index contributed by atoms with van der Waals surface area (Å²) in [6.07, 6.45) is 0.827. The Bertz CT molecular complexity index is 1440. The molecule has 0 N–H and O–H groups in total. The predicted molar refractivity (Wildman–Crippen MR) is 122 cm³/mol. The van der Waals surface area contributed by atoms with Crippen molar-refractivity contribution < 1.29 is 4.79 Å². The minimum Gasteiger partial charge on any atom is -0.308 e. The number of carbonyl (C=O) groups is 1. The number of hydrogen-bond donors (Lipinski definition) is 0. The van der Waals surface area contributed by atoms with Gasteiger partial charge in [-0.2, -0.15) is 9.50 Å². The van der Waals surface area contributed by atoms with E-state index in [1.807, 2.05) is 56.3 Å². The number of nitrogens with zero attached hydrogens (tertiary/aromatic N) is 4. The Morgan fingerprint density at radius 2 is 1.97 bits per heavy atom. The summed E-state index contributed by atoms with van der Waals surface area (Å²) in [5.41, 5.74) is 3.68. The zero-order valence-electron chi connectivity index (χ0n) is 16.3. The Morgan fingerprint density at radius 1 is 1.13 bits per heavy atom. The summed E-state index contributed by atoms with van der Waals surface area (Å²) in [5, 5.41) is 4.43. The zero-order chi connectivity index (χ0) is 21.0. The number of halogens is 1. The van der Waals surface area contributed by atoms with E-state index in [1.165, 1.54) is 15.9 Å². The molecular formula is C22H17BrN4O2S. The Kier molecular flexibility index (Phi) is 4.56. The second-order valence-corrected chi connectivity index (χ2v) is 9.12. The minimum atomic E-state index is -0.311. The number of aromatic nitrogens is 3. The molecule has 0 bridgehead atoms. The SMILES string of the molecule is CCCN1C(=O)/C(=c2\sc3nc(-c4cccc(C)c4)nn3c2=O)c2cc(Br)ccc21. The fraction of sp³-hybridized carbons (Fsp3) is 0.182. The summed E-state index contributed by atoms with van der Waals surface area (Å²) in [5.74, 6) is 0.359. The van der Waals surface area contributed by atoms with Crippen molar-refractivity contribution in [3.8, 4) is 11.4 Å². The molecule has 0 radical (unpaired) electrons. The molecule has 2 aromatic carbocycles. The molecule has 150 valence electrons. The Balaban J connectivity index is 1.74. The number of fused-ring (bicyclic) bond motifs is 2. The summed E-state index contributed by atoms with van der Waals surface area (Å²) < 4.78 is 2.54. The number of carbonyl (C=O) groups excluding carboxylic acids is 1. The molecule has 0 saturated heterocycles. The van der Waals surface area contributed by atoms with Gasteiger partial charge in [0.15, 0.2) is 5.82 Å². The van der Waals surface area contributed by atoms with Gasteiger partial charge in [-0.05, 0) is 37.6 Å². The number of amides is 1.